The predicted molar refractivity (Wildman–Crippen MR) is 83.1 cm³/mol. The normalized spacial score (nSPS) is 17.9. The van der Waals surface area contributed by atoms with Gasteiger partial charge in [0.1, 0.15) is 5.82 Å². The maximum atomic E-state index is 14.0. The van der Waals surface area contributed by atoms with Crippen molar-refractivity contribution in [3.63, 3.8) is 0 Å². The zero-order valence-corrected chi connectivity index (χ0v) is 12.6. The number of amides is 1. The Hall–Kier alpha value is -1.62. The first kappa shape index (κ1) is 15.8. The predicted octanol–water partition coefficient (Wildman–Crippen LogP) is 2.28. The fourth-order valence-electron chi connectivity index (χ4n) is 2.86. The molecule has 3 N–H and O–H groups in total. The summed E-state index contributed by atoms with van der Waals surface area (Å²) in [5.74, 6) is -1.25. The molecule has 5 heteroatoms. The molecule has 0 spiro atoms. The molecule has 0 aromatic heterocycles. The Balaban J connectivity index is 2.26. The lowest BCUT2D eigenvalue weighted by molar-refractivity contribution is 0.0997. The van der Waals surface area contributed by atoms with Crippen molar-refractivity contribution in [2.75, 3.05) is 24.5 Å². The van der Waals surface area contributed by atoms with Gasteiger partial charge in [-0.05, 0) is 37.9 Å². The molecule has 1 saturated heterocycles. The third-order valence-electron chi connectivity index (χ3n) is 3.96. The minimum Gasteiger partial charge on any atom is -0.369 e. The molecule has 0 radical (unpaired) electrons. The molecule has 0 bridgehead atoms. The maximum Gasteiger partial charge on any atom is 0.253 e. The van der Waals surface area contributed by atoms with Crippen LogP contribution in [-0.4, -0.2) is 31.6 Å². The van der Waals surface area contributed by atoms with Crippen LogP contribution in [0.1, 0.15) is 43.0 Å². The average molecular weight is 293 g/mol. The van der Waals surface area contributed by atoms with Gasteiger partial charge in [0, 0.05) is 19.1 Å². The van der Waals surface area contributed by atoms with E-state index in [9.17, 15) is 9.18 Å². The summed E-state index contributed by atoms with van der Waals surface area (Å²) in [5.41, 5.74) is 5.99. The van der Waals surface area contributed by atoms with E-state index in [-0.39, 0.29) is 5.56 Å². The van der Waals surface area contributed by atoms with Crippen LogP contribution in [0.2, 0.25) is 0 Å². The Morgan fingerprint density at radius 2 is 2.33 bits per heavy atom. The number of carbonyl (C=O) groups is 1. The Morgan fingerprint density at radius 1 is 1.52 bits per heavy atom. The monoisotopic (exact) mass is 293 g/mol. The van der Waals surface area contributed by atoms with Crippen LogP contribution in [0, 0.1) is 5.82 Å². The summed E-state index contributed by atoms with van der Waals surface area (Å²) < 4.78 is 14.0. The molecule has 1 aromatic carbocycles. The van der Waals surface area contributed by atoms with Gasteiger partial charge in [0.05, 0.1) is 11.3 Å². The minimum atomic E-state index is -0.705. The smallest absolute Gasteiger partial charge is 0.253 e. The molecule has 1 fully saturated rings. The lowest BCUT2D eigenvalue weighted by atomic mass is 10.1. The summed E-state index contributed by atoms with van der Waals surface area (Å²) in [6.07, 6.45) is 4.33. The van der Waals surface area contributed by atoms with Gasteiger partial charge in [-0.3, -0.25) is 4.79 Å². The third-order valence-corrected chi connectivity index (χ3v) is 3.96. The van der Waals surface area contributed by atoms with Crippen molar-refractivity contribution in [1.82, 2.24) is 5.32 Å². The Kier molecular flexibility index (Phi) is 5.56. The summed E-state index contributed by atoms with van der Waals surface area (Å²) in [7, 11) is 0. The highest BCUT2D eigenvalue weighted by molar-refractivity contribution is 5.99. The Labute approximate surface area is 125 Å². The minimum absolute atomic E-state index is 0.00611. The number of benzene rings is 1. The van der Waals surface area contributed by atoms with Crippen LogP contribution in [0.25, 0.3) is 0 Å². The lowest BCUT2D eigenvalue weighted by Gasteiger charge is -2.29. The zero-order chi connectivity index (χ0) is 15.2. The van der Waals surface area contributed by atoms with Crippen molar-refractivity contribution in [3.8, 4) is 0 Å². The molecule has 1 atom stereocenters. The molecule has 2 rings (SSSR count). The van der Waals surface area contributed by atoms with E-state index in [1.807, 2.05) is 0 Å². The number of rotatable bonds is 7. The first-order chi connectivity index (χ1) is 10.1. The first-order valence-electron chi connectivity index (χ1n) is 7.70. The molecule has 4 nitrogen and oxygen atoms in total. The zero-order valence-electron chi connectivity index (χ0n) is 12.6. The lowest BCUT2D eigenvalue weighted by Crippen LogP contribution is -2.39. The summed E-state index contributed by atoms with van der Waals surface area (Å²) in [4.78, 5) is 13.7. The number of nitrogens with one attached hydrogen (secondary N) is 1. The summed E-state index contributed by atoms with van der Waals surface area (Å²) in [6.45, 7) is 4.73. The van der Waals surface area contributed by atoms with Crippen LogP contribution >= 0.6 is 0 Å². The van der Waals surface area contributed by atoms with E-state index >= 15 is 0 Å². The van der Waals surface area contributed by atoms with Crippen LogP contribution in [0.15, 0.2) is 18.2 Å². The SMILES string of the molecule is CCCCN(CC1CCCN1)c1cccc(F)c1C(N)=O. The summed E-state index contributed by atoms with van der Waals surface area (Å²) in [5, 5.41) is 3.44. The number of anilines is 1. The van der Waals surface area contributed by atoms with Crippen LogP contribution in [0.5, 0.6) is 0 Å². The van der Waals surface area contributed by atoms with Gasteiger partial charge in [0.2, 0.25) is 0 Å². The van der Waals surface area contributed by atoms with E-state index in [0.29, 0.717) is 11.7 Å². The van der Waals surface area contributed by atoms with Crippen LogP contribution < -0.4 is 16.0 Å². The fourth-order valence-corrected chi connectivity index (χ4v) is 2.86. The van der Waals surface area contributed by atoms with Gasteiger partial charge < -0.3 is 16.0 Å². The molecule has 0 aliphatic carbocycles. The van der Waals surface area contributed by atoms with Gasteiger partial charge in [-0.15, -0.1) is 0 Å². The highest BCUT2D eigenvalue weighted by atomic mass is 19.1. The molecule has 0 saturated carbocycles. The number of primary amides is 1. The van der Waals surface area contributed by atoms with Crippen molar-refractivity contribution < 1.29 is 9.18 Å². The van der Waals surface area contributed by atoms with Crippen LogP contribution in [-0.2, 0) is 0 Å². The fraction of sp³-hybridized carbons (Fsp3) is 0.562. The number of carbonyl (C=O) groups excluding carboxylic acids is 1. The van der Waals surface area contributed by atoms with Gasteiger partial charge in [-0.2, -0.15) is 0 Å². The number of nitrogens with two attached hydrogens (primary N) is 1. The number of halogens is 1. The summed E-state index contributed by atoms with van der Waals surface area (Å²) in [6, 6.07) is 5.10. The van der Waals surface area contributed by atoms with Crippen molar-refractivity contribution >= 4 is 11.6 Å². The number of nitrogens with zero attached hydrogens (tertiary/aromatic N) is 1. The summed E-state index contributed by atoms with van der Waals surface area (Å²) >= 11 is 0. The topological polar surface area (TPSA) is 58.4 Å². The Morgan fingerprint density at radius 3 is 2.95 bits per heavy atom. The molecule has 1 aliphatic heterocycles. The second kappa shape index (κ2) is 7.41. The third kappa shape index (κ3) is 3.94. The highest BCUT2D eigenvalue weighted by Crippen LogP contribution is 2.24. The van der Waals surface area contributed by atoms with Crippen molar-refractivity contribution in [1.29, 1.82) is 0 Å². The molecular weight excluding hydrogens is 269 g/mol. The van der Waals surface area contributed by atoms with Crippen molar-refractivity contribution in [3.05, 3.63) is 29.6 Å². The quantitative estimate of drug-likeness (QED) is 0.811. The maximum absolute atomic E-state index is 14.0. The molecular formula is C16H24FN3O. The first-order valence-corrected chi connectivity index (χ1v) is 7.70. The number of hydrogen-bond acceptors (Lipinski definition) is 3. The molecule has 1 amide bonds. The van der Waals surface area contributed by atoms with Crippen molar-refractivity contribution in [2.24, 2.45) is 5.73 Å². The molecule has 1 heterocycles. The highest BCUT2D eigenvalue weighted by Gasteiger charge is 2.22. The molecule has 1 aliphatic rings. The van der Waals surface area contributed by atoms with E-state index in [2.05, 4.69) is 17.1 Å². The molecule has 1 unspecified atom stereocenters. The largest absolute Gasteiger partial charge is 0.369 e. The van der Waals surface area contributed by atoms with E-state index in [1.165, 1.54) is 6.07 Å². The van der Waals surface area contributed by atoms with E-state index in [1.54, 1.807) is 12.1 Å². The van der Waals surface area contributed by atoms with E-state index in [4.69, 9.17) is 5.73 Å². The molecule has 1 aromatic rings. The number of hydrogen-bond donors (Lipinski definition) is 2. The average Bonchev–Trinajstić information content (AvgIpc) is 2.95. The van der Waals surface area contributed by atoms with Gasteiger partial charge in [-0.25, -0.2) is 4.39 Å². The van der Waals surface area contributed by atoms with Crippen LogP contribution in [0.4, 0.5) is 10.1 Å². The van der Waals surface area contributed by atoms with Gasteiger partial charge in [-0.1, -0.05) is 19.4 Å². The standard InChI is InChI=1S/C16H24FN3O/c1-2-3-10-20(11-12-6-5-9-19-12)14-8-4-7-13(17)15(14)16(18)21/h4,7-8,12,19H,2-3,5-6,9-11H2,1H3,(H2,18,21). The van der Waals surface area contributed by atoms with Gasteiger partial charge in [0.15, 0.2) is 0 Å². The van der Waals surface area contributed by atoms with Gasteiger partial charge >= 0.3 is 0 Å². The number of unbranched alkanes of at least 4 members (excludes halogenated alkanes) is 1. The molecule has 21 heavy (non-hydrogen) atoms. The van der Waals surface area contributed by atoms with Gasteiger partial charge in [0.25, 0.3) is 5.91 Å². The van der Waals surface area contributed by atoms with E-state index in [0.717, 1.165) is 45.3 Å². The Bertz CT molecular complexity index is 486. The van der Waals surface area contributed by atoms with Crippen molar-refractivity contribution in [2.45, 2.75) is 38.6 Å². The second-order valence-electron chi connectivity index (χ2n) is 5.59. The second-order valence-corrected chi connectivity index (χ2v) is 5.59. The van der Waals surface area contributed by atoms with E-state index < -0.39 is 11.7 Å². The van der Waals surface area contributed by atoms with Crippen LogP contribution in [0.3, 0.4) is 0 Å². The molecule has 116 valence electrons.